The van der Waals surface area contributed by atoms with Crippen molar-refractivity contribution < 1.29 is 136 Å². The Hall–Kier alpha value is -11.1. The Balaban J connectivity index is 0.536. The molecule has 13 aliphatic rings. The van der Waals surface area contributed by atoms with Crippen LogP contribution in [0.4, 0.5) is 0 Å². The SMILES string of the molecule is O=C(O)CNC(=O)[C@H](CS)NC(=O)[C@@H]1CCCN1C(=O)CNC(=O)[C@@H]1C[C@@H](O)CN1C(=O)[C@@H]1CCCN1C(=O)CNC(=O)[C@@H]1C[C@@H](O)CN1C(=O)[C@@H]1CCCN1C(=O)CNC(=O)[C@@H]1C[C@@H](O)CN1C(=O)[C@@H]1CCCN1C(=O)CNC(=O)[C@@H]1C[C@@H](O)CN1C(=O)[C@@H]1CCCN1C(=O)CNC(=O)[C@@H]1C[C@@H](O)CN1C(=O)[C@@H]1CCCN1C(=O)CNC(=O)[C@@H]1C[C@@H](O)CN1C(=O)[C@@H]1CCCN1. The molecule has 0 saturated carbocycles. The van der Waals surface area contributed by atoms with Crippen molar-refractivity contribution in [2.45, 2.75) is 250 Å². The van der Waals surface area contributed by atoms with Gasteiger partial charge >= 0.3 is 5.97 Å². The average molecular weight is 1880 g/mol. The van der Waals surface area contributed by atoms with Crippen molar-refractivity contribution in [3.63, 3.8) is 0 Å². The zero-order chi connectivity index (χ0) is 95.0. The molecule has 0 spiro atoms. The van der Waals surface area contributed by atoms with E-state index in [1.165, 1.54) is 34.3 Å². The Kier molecular flexibility index (Phi) is 32.3. The number of hydrogen-bond acceptors (Lipinski definition) is 29. The Morgan fingerprint density at radius 3 is 0.720 bits per heavy atom. The lowest BCUT2D eigenvalue weighted by Crippen LogP contribution is -2.57. The number of nitrogens with zero attached hydrogens (tertiary/aromatic N) is 12. The van der Waals surface area contributed by atoms with Crippen LogP contribution in [-0.4, -0.2) is 477 Å². The maximum atomic E-state index is 14.5. The molecule has 13 rings (SSSR count). The molecule has 13 heterocycles. The number of carboxylic acid groups (broad SMARTS) is 1. The molecule has 20 atom stereocenters. The number of carboxylic acids is 1. The molecule has 0 bridgehead atoms. The fourth-order valence-electron chi connectivity index (χ4n) is 20.9. The molecular weight excluding hydrogens is 1760 g/mol. The van der Waals surface area contributed by atoms with E-state index in [0.717, 1.165) is 30.9 Å². The molecule has 13 saturated heterocycles. The number of amides is 20. The summed E-state index contributed by atoms with van der Waals surface area (Å²) in [6.07, 6.45) is -3.89. The third-order valence-corrected chi connectivity index (χ3v) is 27.8. The molecule has 132 heavy (non-hydrogen) atoms. The number of aliphatic hydroxyl groups is 6. The van der Waals surface area contributed by atoms with Crippen molar-refractivity contribution >= 4 is 137 Å². The number of hydrogen-bond donors (Lipinski definition) is 17. The van der Waals surface area contributed by atoms with Gasteiger partial charge in [0, 0.05) is 123 Å². The van der Waals surface area contributed by atoms with Crippen LogP contribution in [0, 0.1) is 0 Å². The molecule has 0 aliphatic carbocycles. The van der Waals surface area contributed by atoms with Crippen LogP contribution in [0.25, 0.3) is 0 Å². The van der Waals surface area contributed by atoms with Crippen molar-refractivity contribution in [3.8, 4) is 0 Å². The lowest BCUT2D eigenvalue weighted by molar-refractivity contribution is -0.148. The predicted molar refractivity (Wildman–Crippen MR) is 451 cm³/mol. The second kappa shape index (κ2) is 43.3. The van der Waals surface area contributed by atoms with E-state index in [0.29, 0.717) is 51.5 Å². The summed E-state index contributed by atoms with van der Waals surface area (Å²) >= 11 is 4.08. The Bertz CT molecular complexity index is 4480. The van der Waals surface area contributed by atoms with Gasteiger partial charge in [0.25, 0.3) is 0 Å². The number of thiol groups is 1. The first kappa shape index (κ1) is 98.4. The molecule has 50 heteroatoms. The molecule has 0 radical (unpaired) electrons. The topological polar surface area (TPSA) is 647 Å². The fourth-order valence-corrected chi connectivity index (χ4v) is 21.1. The van der Waals surface area contributed by atoms with E-state index in [4.69, 9.17) is 5.11 Å². The second-order valence-electron chi connectivity index (χ2n) is 36.2. The lowest BCUT2D eigenvalue weighted by Gasteiger charge is -2.32. The normalized spacial score (nSPS) is 30.0. The van der Waals surface area contributed by atoms with Crippen LogP contribution in [-0.2, 0) is 101 Å². The minimum Gasteiger partial charge on any atom is -0.480 e. The number of carbonyl (C=O) groups excluding carboxylic acids is 20. The van der Waals surface area contributed by atoms with Crippen LogP contribution in [0.5, 0.6) is 0 Å². The van der Waals surface area contributed by atoms with E-state index in [2.05, 4.69) is 60.5 Å². The molecule has 0 aromatic carbocycles. The van der Waals surface area contributed by atoms with Crippen LogP contribution in [0.2, 0.25) is 0 Å². The summed E-state index contributed by atoms with van der Waals surface area (Å²) in [5.74, 6) is -15.9. The summed E-state index contributed by atoms with van der Waals surface area (Å²) in [4.78, 5) is 302. The van der Waals surface area contributed by atoms with Crippen LogP contribution >= 0.6 is 12.6 Å². The van der Waals surface area contributed by atoms with Gasteiger partial charge in [0.15, 0.2) is 0 Å². The number of rotatable bonds is 30. The van der Waals surface area contributed by atoms with E-state index in [1.54, 1.807) is 0 Å². The molecule has 20 amide bonds. The zero-order valence-electron chi connectivity index (χ0n) is 73.1. The highest BCUT2D eigenvalue weighted by molar-refractivity contribution is 7.80. The molecule has 0 unspecified atom stereocenters. The summed E-state index contributed by atoms with van der Waals surface area (Å²) in [6, 6.07) is -16.1. The fraction of sp³-hybridized carbons (Fsp3) is 0.744. The molecular formula is C82H119N21O28S. The second-order valence-corrected chi connectivity index (χ2v) is 36.5. The van der Waals surface area contributed by atoms with Crippen LogP contribution in [0.3, 0.4) is 0 Å². The minimum atomic E-state index is -1.35. The lowest BCUT2D eigenvalue weighted by atomic mass is 10.1. The summed E-state index contributed by atoms with van der Waals surface area (Å²) in [7, 11) is 0. The van der Waals surface area contributed by atoms with E-state index < -0.39 is 285 Å². The van der Waals surface area contributed by atoms with E-state index in [-0.39, 0.29) is 167 Å². The van der Waals surface area contributed by atoms with Gasteiger partial charge < -0.3 is 142 Å². The maximum absolute atomic E-state index is 14.5. The number of aliphatic carboxylic acids is 1. The number of nitrogens with one attached hydrogen (secondary N) is 9. The van der Waals surface area contributed by atoms with Crippen molar-refractivity contribution in [1.82, 2.24) is 107 Å². The molecule has 13 aliphatic heterocycles. The first-order chi connectivity index (χ1) is 63.0. The van der Waals surface area contributed by atoms with Gasteiger partial charge in [-0.2, -0.15) is 12.6 Å². The first-order valence-corrected chi connectivity index (χ1v) is 46.1. The van der Waals surface area contributed by atoms with Gasteiger partial charge in [0.2, 0.25) is 118 Å². The highest BCUT2D eigenvalue weighted by Gasteiger charge is 2.53. The maximum Gasteiger partial charge on any atom is 0.322 e. The van der Waals surface area contributed by atoms with Crippen LogP contribution < -0.4 is 47.9 Å². The third kappa shape index (κ3) is 22.2. The number of aliphatic hydroxyl groups excluding tert-OH is 6. The minimum absolute atomic E-state index is 0.0273. The van der Waals surface area contributed by atoms with Crippen LogP contribution in [0.1, 0.15) is 128 Å². The van der Waals surface area contributed by atoms with E-state index in [1.807, 2.05) is 0 Å². The summed E-state index contributed by atoms with van der Waals surface area (Å²) in [5.41, 5.74) is 0. The third-order valence-electron chi connectivity index (χ3n) is 27.4. The van der Waals surface area contributed by atoms with Crippen molar-refractivity contribution in [2.75, 3.05) is 137 Å². The van der Waals surface area contributed by atoms with Gasteiger partial charge in [-0.1, -0.05) is 0 Å². The highest BCUT2D eigenvalue weighted by Crippen LogP contribution is 2.34. The molecule has 726 valence electrons. The van der Waals surface area contributed by atoms with Gasteiger partial charge in [0.05, 0.1) is 81.9 Å². The van der Waals surface area contributed by atoms with E-state index in [9.17, 15) is 131 Å². The van der Waals surface area contributed by atoms with Crippen molar-refractivity contribution in [2.24, 2.45) is 0 Å². The van der Waals surface area contributed by atoms with Gasteiger partial charge in [-0.3, -0.25) is 101 Å². The summed E-state index contributed by atoms with van der Waals surface area (Å²) < 4.78 is 0. The van der Waals surface area contributed by atoms with Crippen molar-refractivity contribution in [3.05, 3.63) is 0 Å². The Morgan fingerprint density at radius 1 is 0.273 bits per heavy atom. The van der Waals surface area contributed by atoms with E-state index >= 15 is 0 Å². The highest BCUT2D eigenvalue weighted by atomic mass is 32.1. The van der Waals surface area contributed by atoms with Gasteiger partial charge in [-0.05, 0) is 96.4 Å². The Morgan fingerprint density at radius 2 is 0.500 bits per heavy atom. The monoisotopic (exact) mass is 1880 g/mol. The summed E-state index contributed by atoms with van der Waals surface area (Å²) in [6.45, 7) is -5.15. The smallest absolute Gasteiger partial charge is 0.322 e. The average Bonchev–Trinajstić information content (AvgIpc) is 1.66. The van der Waals surface area contributed by atoms with Gasteiger partial charge in [0.1, 0.15) is 85.1 Å². The standard InChI is InChI=1S/C82H119N21O28S/c104-42-22-56(98(35-42)77(126)48-8-1-15-83-48)70(119)85-29-63(111)93-17-3-10-51(93)79(128)100-37-44(106)24-58(100)72(121)87-31-65(113)95-19-5-12-53(95)81(130)102-39-46(108)26-60(102)74(123)89-33-67(115)97-21-7-14-55(97)82(131)103-40-47(109)27-61(103)75(124)88-32-66(114)96-20-6-13-54(96)80(129)101-38-45(107)25-59(101)73(122)86-30-64(112)94-18-4-11-52(94)78(127)99-36-43(105)23-57(99)71(120)84-28-62(110)92-16-2-9-50(92)76(125)91-49(41-132)69(118)90-34-68(116)117/h42-61,83,104-109,132H,1-41H2,(H,84,120)(H,85,119)(H,86,122)(H,87,121)(H,88,124)(H,89,123)(H,90,118)(H,91,125)(H,116,117)/t42-,43-,44-,45-,46-,47-,48+,49+,50+,51+,52+,53+,54+,55+,56+,57+,58+,59+,60+,61+/m1/s1. The van der Waals surface area contributed by atoms with Crippen molar-refractivity contribution in [1.29, 1.82) is 0 Å². The zero-order valence-corrected chi connectivity index (χ0v) is 74.0. The number of β-amino-alcohol motifs (C(OH)–C–C–N with tert-alkyl or cyclic N) is 6. The number of likely N-dealkylation sites (tertiary alicyclic amines) is 12. The predicted octanol–water partition coefficient (Wildman–Crippen LogP) is -13.2. The van der Waals surface area contributed by atoms with Gasteiger partial charge in [-0.15, -0.1) is 0 Å². The number of carbonyl (C=O) groups is 21. The molecule has 13 fully saturated rings. The molecule has 0 aromatic rings. The molecule has 0 aromatic heterocycles. The molecule has 49 nitrogen and oxygen atoms in total. The summed E-state index contributed by atoms with van der Waals surface area (Å²) in [5, 5.41) is 96.4. The Labute approximate surface area is 762 Å². The van der Waals surface area contributed by atoms with Crippen LogP contribution in [0.15, 0.2) is 0 Å². The first-order valence-electron chi connectivity index (χ1n) is 45.5. The van der Waals surface area contributed by atoms with Gasteiger partial charge in [-0.25, -0.2) is 0 Å². The largest absolute Gasteiger partial charge is 0.480 e. The molecule has 16 N–H and O–H groups in total. The quantitative estimate of drug-likeness (QED) is 0.0297.